The van der Waals surface area contributed by atoms with Gasteiger partial charge in [-0.05, 0) is 25.8 Å². The van der Waals surface area contributed by atoms with Crippen molar-refractivity contribution in [2.45, 2.75) is 75.6 Å². The van der Waals surface area contributed by atoms with E-state index in [9.17, 15) is 27.6 Å². The van der Waals surface area contributed by atoms with Crippen molar-refractivity contribution in [3.63, 3.8) is 0 Å². The summed E-state index contributed by atoms with van der Waals surface area (Å²) in [4.78, 5) is 50.5. The van der Waals surface area contributed by atoms with Crippen molar-refractivity contribution in [1.29, 1.82) is 0 Å². The van der Waals surface area contributed by atoms with Crippen molar-refractivity contribution >= 4 is 34.0 Å². The van der Waals surface area contributed by atoms with Crippen molar-refractivity contribution < 1.29 is 46.5 Å². The largest absolute Gasteiger partial charge is 0.511 e. The molecule has 0 bridgehead atoms. The number of hydrogen-bond acceptors (Lipinski definition) is 10. The number of fused-ring (bicyclic) bond motifs is 1. The first-order chi connectivity index (χ1) is 16.9. The fraction of sp³-hybridized carbons (Fsp3) is 0.565. The maximum atomic E-state index is 13.2. The number of hydrogen-bond donors (Lipinski definition) is 1. The number of alkyl carbamates (subject to hydrolysis) is 1. The second-order valence-electron chi connectivity index (χ2n) is 8.95. The molecule has 0 spiro atoms. The molecule has 2 fully saturated rings. The number of ether oxygens (including phenoxy) is 4. The highest BCUT2D eigenvalue weighted by atomic mass is 32.2. The van der Waals surface area contributed by atoms with Crippen molar-refractivity contribution in [3.05, 3.63) is 35.9 Å². The van der Waals surface area contributed by atoms with Crippen molar-refractivity contribution in [1.82, 2.24) is 10.2 Å². The molecule has 12 nitrogen and oxygen atoms in total. The van der Waals surface area contributed by atoms with Gasteiger partial charge in [-0.25, -0.2) is 22.8 Å². The molecule has 1 aromatic rings. The summed E-state index contributed by atoms with van der Waals surface area (Å²) in [5.74, 6) is -1.85. The number of carbonyl (C=O) groups is 4. The molecule has 0 aromatic heterocycles. The predicted octanol–water partition coefficient (Wildman–Crippen LogP) is 1.87. The van der Waals surface area contributed by atoms with Crippen LogP contribution in [0.25, 0.3) is 0 Å². The molecule has 0 saturated carbocycles. The monoisotopic (exact) mass is 526 g/mol. The highest BCUT2D eigenvalue weighted by molar-refractivity contribution is 7.94. The molecule has 1 N–H and O–H groups in total. The van der Waals surface area contributed by atoms with Gasteiger partial charge >= 0.3 is 18.2 Å². The molecule has 0 aliphatic carbocycles. The Labute approximate surface area is 209 Å². The van der Waals surface area contributed by atoms with Gasteiger partial charge in [0, 0.05) is 6.92 Å². The zero-order valence-corrected chi connectivity index (χ0v) is 21.3. The fourth-order valence-electron chi connectivity index (χ4n) is 4.03. The molecule has 0 radical (unpaired) electrons. The lowest BCUT2D eigenvalue weighted by Crippen LogP contribution is -2.72. The van der Waals surface area contributed by atoms with Crippen LogP contribution in [-0.2, 0) is 45.0 Å². The standard InChI is InChI=1S/C23H30N2O10S/c1-5-6-12-32-22(29)35-14(2)34-20(27)17-23(3,4)36(30,31)19-16(18(26)25(17)19)24-21(28)33-13-15-10-8-7-9-11-15/h7-11,14,16-17,19H,5-6,12-13H2,1-4H3,(H,24,28)/t14?,16?,17-,19+/m0/s1. The highest BCUT2D eigenvalue weighted by Gasteiger charge is 2.73. The molecule has 13 heteroatoms. The number of esters is 1. The number of rotatable bonds is 9. The lowest BCUT2D eigenvalue weighted by atomic mass is 9.96. The van der Waals surface area contributed by atoms with Crippen LogP contribution in [0.5, 0.6) is 0 Å². The van der Waals surface area contributed by atoms with E-state index in [0.29, 0.717) is 12.0 Å². The van der Waals surface area contributed by atoms with Gasteiger partial charge < -0.3 is 29.2 Å². The topological polar surface area (TPSA) is 155 Å². The first-order valence-electron chi connectivity index (χ1n) is 11.5. The first kappa shape index (κ1) is 27.2. The van der Waals surface area contributed by atoms with Gasteiger partial charge in [-0.3, -0.25) is 4.79 Å². The van der Waals surface area contributed by atoms with Crippen LogP contribution in [0.1, 0.15) is 46.1 Å². The van der Waals surface area contributed by atoms with Gasteiger partial charge in [0.1, 0.15) is 23.4 Å². The summed E-state index contributed by atoms with van der Waals surface area (Å²) in [6, 6.07) is 5.86. The smallest absolute Gasteiger partial charge is 0.445 e. The van der Waals surface area contributed by atoms with E-state index >= 15 is 0 Å². The molecule has 1 aromatic carbocycles. The Hall–Kier alpha value is -3.35. The molecular weight excluding hydrogens is 496 g/mol. The number of benzene rings is 1. The van der Waals surface area contributed by atoms with E-state index in [0.717, 1.165) is 11.3 Å². The third kappa shape index (κ3) is 5.25. The van der Waals surface area contributed by atoms with Crippen LogP contribution >= 0.6 is 0 Å². The molecule has 2 heterocycles. The SMILES string of the molecule is CCCCOC(=O)OC(C)OC(=O)[C@@H]1N2C(=O)C(NC(=O)OCc3ccccc3)[C@H]2S(=O)(=O)C1(C)C. The summed E-state index contributed by atoms with van der Waals surface area (Å²) in [5.41, 5.74) is 0.706. The van der Waals surface area contributed by atoms with E-state index in [1.165, 1.54) is 20.8 Å². The van der Waals surface area contributed by atoms with E-state index in [-0.39, 0.29) is 13.2 Å². The van der Waals surface area contributed by atoms with Crippen LogP contribution in [-0.4, -0.2) is 72.5 Å². The molecule has 2 aliphatic heterocycles. The number of β-lactam (4-membered cyclic amide) rings is 1. The molecule has 2 amide bonds. The third-order valence-electron chi connectivity index (χ3n) is 6.04. The summed E-state index contributed by atoms with van der Waals surface area (Å²) in [6.07, 6.45) is -1.97. The molecule has 2 saturated heterocycles. The maximum absolute atomic E-state index is 13.2. The van der Waals surface area contributed by atoms with Gasteiger partial charge in [-0.1, -0.05) is 43.7 Å². The Morgan fingerprint density at radius 1 is 1.11 bits per heavy atom. The number of unbranched alkanes of at least 4 members (excludes halogenated alkanes) is 1. The molecular formula is C23H30N2O10S. The minimum absolute atomic E-state index is 0.0755. The average molecular weight is 527 g/mol. The number of nitrogens with zero attached hydrogens (tertiary/aromatic N) is 1. The fourth-order valence-corrected chi connectivity index (χ4v) is 6.25. The maximum Gasteiger partial charge on any atom is 0.511 e. The van der Waals surface area contributed by atoms with Gasteiger partial charge in [-0.2, -0.15) is 0 Å². The Morgan fingerprint density at radius 3 is 2.42 bits per heavy atom. The summed E-state index contributed by atoms with van der Waals surface area (Å²) >= 11 is 0. The molecule has 3 rings (SSSR count). The normalized spacial score (nSPS) is 24.1. The second kappa shape index (κ2) is 10.7. The highest BCUT2D eigenvalue weighted by Crippen LogP contribution is 2.46. The summed E-state index contributed by atoms with van der Waals surface area (Å²) in [6.45, 7) is 5.81. The average Bonchev–Trinajstić information content (AvgIpc) is 2.96. The van der Waals surface area contributed by atoms with Gasteiger partial charge in [0.2, 0.25) is 12.2 Å². The van der Waals surface area contributed by atoms with Crippen LogP contribution in [0.4, 0.5) is 9.59 Å². The van der Waals surface area contributed by atoms with Gasteiger partial charge in [0.15, 0.2) is 15.2 Å². The Balaban J connectivity index is 1.64. The molecule has 198 valence electrons. The number of sulfone groups is 1. The quantitative estimate of drug-likeness (QED) is 0.166. The Kier molecular flexibility index (Phi) is 8.12. The van der Waals surface area contributed by atoms with Crippen LogP contribution in [0.2, 0.25) is 0 Å². The lowest BCUT2D eigenvalue weighted by Gasteiger charge is -2.42. The zero-order chi connectivity index (χ0) is 26.7. The number of nitrogens with one attached hydrogen (secondary N) is 1. The second-order valence-corrected chi connectivity index (χ2v) is 11.6. The van der Waals surface area contributed by atoms with E-state index in [4.69, 9.17) is 18.9 Å². The summed E-state index contributed by atoms with van der Waals surface area (Å²) < 4.78 is 44.6. The van der Waals surface area contributed by atoms with Crippen LogP contribution in [0.3, 0.4) is 0 Å². The lowest BCUT2D eigenvalue weighted by molar-refractivity contribution is -0.180. The molecule has 2 aliphatic rings. The predicted molar refractivity (Wildman–Crippen MR) is 124 cm³/mol. The van der Waals surface area contributed by atoms with E-state index in [1.807, 2.05) is 6.92 Å². The first-order valence-corrected chi connectivity index (χ1v) is 13.0. The third-order valence-corrected chi connectivity index (χ3v) is 8.86. The van der Waals surface area contributed by atoms with Crippen LogP contribution in [0.15, 0.2) is 30.3 Å². The minimum Gasteiger partial charge on any atom is -0.445 e. The van der Waals surface area contributed by atoms with Gasteiger partial charge in [0.05, 0.1) is 6.61 Å². The van der Waals surface area contributed by atoms with E-state index in [2.05, 4.69) is 5.32 Å². The summed E-state index contributed by atoms with van der Waals surface area (Å²) in [7, 11) is -4.13. The molecule has 36 heavy (non-hydrogen) atoms. The molecule has 4 atom stereocenters. The van der Waals surface area contributed by atoms with Gasteiger partial charge in [-0.15, -0.1) is 0 Å². The Bertz CT molecular complexity index is 1110. The van der Waals surface area contributed by atoms with Crippen molar-refractivity contribution in [2.75, 3.05) is 6.61 Å². The van der Waals surface area contributed by atoms with Crippen LogP contribution < -0.4 is 5.32 Å². The van der Waals surface area contributed by atoms with Crippen LogP contribution in [0, 0.1) is 0 Å². The zero-order valence-electron chi connectivity index (χ0n) is 20.5. The minimum atomic E-state index is -4.13. The van der Waals surface area contributed by atoms with Crippen molar-refractivity contribution in [3.8, 4) is 0 Å². The van der Waals surface area contributed by atoms with Gasteiger partial charge in [0.25, 0.3) is 0 Å². The Morgan fingerprint density at radius 2 is 1.78 bits per heavy atom. The number of carbonyl (C=O) groups excluding carboxylic acids is 4. The molecule has 2 unspecified atom stereocenters. The van der Waals surface area contributed by atoms with E-state index < -0.39 is 62.5 Å². The van der Waals surface area contributed by atoms with E-state index in [1.54, 1.807) is 30.3 Å². The van der Waals surface area contributed by atoms with Crippen molar-refractivity contribution in [2.24, 2.45) is 0 Å². The summed E-state index contributed by atoms with van der Waals surface area (Å²) in [5, 5.41) is 0.807. The number of amides is 2.